The molecule has 0 aromatic heterocycles. The first-order valence-electron chi connectivity index (χ1n) is 8.06. The fraction of sp³-hybridized carbons (Fsp3) is 0.875. The Morgan fingerprint density at radius 3 is 2.55 bits per heavy atom. The van der Waals surface area contributed by atoms with Crippen LogP contribution in [-0.2, 0) is 9.53 Å². The molecule has 1 aliphatic rings. The van der Waals surface area contributed by atoms with Crippen molar-refractivity contribution in [2.75, 3.05) is 6.54 Å². The van der Waals surface area contributed by atoms with Crippen LogP contribution in [0.25, 0.3) is 0 Å². The quantitative estimate of drug-likeness (QED) is 0.815. The molecule has 128 valence electrons. The highest BCUT2D eigenvalue weighted by molar-refractivity contribution is 5.68. The number of rotatable bonds is 5. The van der Waals surface area contributed by atoms with Gasteiger partial charge in [0.05, 0.1) is 0 Å². The summed E-state index contributed by atoms with van der Waals surface area (Å²) in [6.45, 7) is 10.3. The van der Waals surface area contributed by atoms with Crippen molar-refractivity contribution < 1.29 is 19.4 Å². The van der Waals surface area contributed by atoms with Crippen LogP contribution in [0.15, 0.2) is 0 Å². The predicted octanol–water partition coefficient (Wildman–Crippen LogP) is 2.62. The summed E-state index contributed by atoms with van der Waals surface area (Å²) in [6.07, 6.45) is 2.27. The first-order chi connectivity index (χ1) is 10.1. The van der Waals surface area contributed by atoms with E-state index in [2.05, 4.69) is 5.32 Å². The van der Waals surface area contributed by atoms with Gasteiger partial charge in [-0.15, -0.1) is 0 Å². The highest BCUT2D eigenvalue weighted by atomic mass is 16.6. The molecule has 2 N–H and O–H groups in total. The van der Waals surface area contributed by atoms with Crippen LogP contribution < -0.4 is 5.32 Å². The third-order valence-corrected chi connectivity index (χ3v) is 3.82. The van der Waals surface area contributed by atoms with Crippen molar-refractivity contribution in [1.82, 2.24) is 10.2 Å². The summed E-state index contributed by atoms with van der Waals surface area (Å²) in [6, 6.07) is 0.603. The van der Waals surface area contributed by atoms with Crippen molar-refractivity contribution in [3.8, 4) is 0 Å². The molecule has 6 heteroatoms. The van der Waals surface area contributed by atoms with Crippen molar-refractivity contribution >= 4 is 12.1 Å². The van der Waals surface area contributed by atoms with E-state index >= 15 is 0 Å². The molecular weight excluding hydrogens is 284 g/mol. The number of likely N-dealkylation sites (tertiary alicyclic amines) is 1. The number of carbonyl (C=O) groups excluding carboxylic acids is 1. The molecule has 0 saturated carbocycles. The van der Waals surface area contributed by atoms with Gasteiger partial charge in [0.2, 0.25) is 0 Å². The summed E-state index contributed by atoms with van der Waals surface area (Å²) < 4.78 is 5.43. The van der Waals surface area contributed by atoms with E-state index in [-0.39, 0.29) is 24.6 Å². The molecule has 6 nitrogen and oxygen atoms in total. The van der Waals surface area contributed by atoms with E-state index in [0.717, 1.165) is 12.8 Å². The van der Waals surface area contributed by atoms with Gasteiger partial charge in [0, 0.05) is 31.1 Å². The first-order valence-corrected chi connectivity index (χ1v) is 8.06. The minimum Gasteiger partial charge on any atom is -0.481 e. The molecule has 0 aliphatic carbocycles. The zero-order valence-electron chi connectivity index (χ0n) is 14.4. The van der Waals surface area contributed by atoms with E-state index in [1.54, 1.807) is 4.90 Å². The number of carboxylic acids is 1. The molecule has 1 amide bonds. The van der Waals surface area contributed by atoms with Crippen LogP contribution in [-0.4, -0.2) is 52.3 Å². The lowest BCUT2D eigenvalue weighted by Gasteiger charge is -2.39. The highest BCUT2D eigenvalue weighted by Gasteiger charge is 2.32. The van der Waals surface area contributed by atoms with E-state index < -0.39 is 11.6 Å². The lowest BCUT2D eigenvalue weighted by molar-refractivity contribution is -0.137. The number of piperidine rings is 1. The number of ether oxygens (including phenoxy) is 1. The Labute approximate surface area is 133 Å². The Hall–Kier alpha value is -1.30. The molecule has 22 heavy (non-hydrogen) atoms. The molecule has 0 aromatic rings. The van der Waals surface area contributed by atoms with E-state index in [1.807, 2.05) is 34.6 Å². The number of hydrogen-bond donors (Lipinski definition) is 2. The fourth-order valence-electron chi connectivity index (χ4n) is 2.74. The second kappa shape index (κ2) is 7.81. The van der Waals surface area contributed by atoms with Gasteiger partial charge < -0.3 is 20.1 Å². The molecular formula is C16H30N2O4. The SMILES string of the molecule is CC(CCC(=O)O)NC1CCN(C(=O)OC(C)(C)C)C(C)C1. The fourth-order valence-corrected chi connectivity index (χ4v) is 2.74. The molecule has 1 rings (SSSR count). The highest BCUT2D eigenvalue weighted by Crippen LogP contribution is 2.21. The zero-order chi connectivity index (χ0) is 16.9. The topological polar surface area (TPSA) is 78.9 Å². The van der Waals surface area contributed by atoms with Gasteiger partial charge in [0.25, 0.3) is 0 Å². The first kappa shape index (κ1) is 18.7. The van der Waals surface area contributed by atoms with Gasteiger partial charge in [0.1, 0.15) is 5.60 Å². The molecule has 0 aromatic carbocycles. The average molecular weight is 314 g/mol. The van der Waals surface area contributed by atoms with Crippen molar-refractivity contribution in [1.29, 1.82) is 0 Å². The summed E-state index contributed by atoms with van der Waals surface area (Å²) in [5, 5.41) is 12.2. The number of nitrogens with zero attached hydrogens (tertiary/aromatic N) is 1. The number of carbonyl (C=O) groups is 2. The lowest BCUT2D eigenvalue weighted by Crippen LogP contribution is -2.52. The molecule has 1 aliphatic heterocycles. The predicted molar refractivity (Wildman–Crippen MR) is 84.9 cm³/mol. The van der Waals surface area contributed by atoms with E-state index in [9.17, 15) is 9.59 Å². The summed E-state index contributed by atoms with van der Waals surface area (Å²) in [4.78, 5) is 24.5. The maximum atomic E-state index is 12.1. The Morgan fingerprint density at radius 1 is 1.41 bits per heavy atom. The number of carboxylic acid groups (broad SMARTS) is 1. The Morgan fingerprint density at radius 2 is 2.05 bits per heavy atom. The zero-order valence-corrected chi connectivity index (χ0v) is 14.4. The summed E-state index contributed by atoms with van der Waals surface area (Å²) in [5.41, 5.74) is -0.475. The van der Waals surface area contributed by atoms with Gasteiger partial charge in [-0.25, -0.2) is 4.79 Å². The van der Waals surface area contributed by atoms with Crippen LogP contribution in [0.5, 0.6) is 0 Å². The largest absolute Gasteiger partial charge is 0.481 e. The third kappa shape index (κ3) is 6.64. The standard InChI is InChI=1S/C16H30N2O4/c1-11(6-7-14(19)20)17-13-8-9-18(12(2)10-13)15(21)22-16(3,4)5/h11-13,17H,6-10H2,1-5H3,(H,19,20). The minimum atomic E-state index is -0.762. The van der Waals surface area contributed by atoms with E-state index in [0.29, 0.717) is 19.0 Å². The molecule has 1 fully saturated rings. The minimum absolute atomic E-state index is 0.118. The normalized spacial score (nSPS) is 24.0. The summed E-state index contributed by atoms with van der Waals surface area (Å²) in [5.74, 6) is -0.762. The molecule has 1 saturated heterocycles. The Balaban J connectivity index is 2.42. The summed E-state index contributed by atoms with van der Waals surface area (Å²) in [7, 11) is 0. The van der Waals surface area contributed by atoms with Crippen LogP contribution in [0.4, 0.5) is 4.79 Å². The number of hydrogen-bond acceptors (Lipinski definition) is 4. The van der Waals surface area contributed by atoms with Crippen molar-refractivity contribution in [2.24, 2.45) is 0 Å². The molecule has 3 unspecified atom stereocenters. The van der Waals surface area contributed by atoms with Crippen molar-refractivity contribution in [3.05, 3.63) is 0 Å². The van der Waals surface area contributed by atoms with Gasteiger partial charge in [-0.1, -0.05) is 0 Å². The monoisotopic (exact) mass is 314 g/mol. The van der Waals surface area contributed by atoms with Crippen LogP contribution in [0.2, 0.25) is 0 Å². The van der Waals surface area contributed by atoms with Gasteiger partial charge in [-0.2, -0.15) is 0 Å². The average Bonchev–Trinajstić information content (AvgIpc) is 2.34. The smallest absolute Gasteiger partial charge is 0.410 e. The van der Waals surface area contributed by atoms with Gasteiger partial charge >= 0.3 is 12.1 Å². The Kier molecular flexibility index (Phi) is 6.66. The van der Waals surface area contributed by atoms with E-state index in [4.69, 9.17) is 9.84 Å². The molecule has 1 heterocycles. The molecule has 0 spiro atoms. The maximum absolute atomic E-state index is 12.1. The second-order valence-corrected chi connectivity index (χ2v) is 7.24. The molecule has 0 radical (unpaired) electrons. The molecule has 3 atom stereocenters. The number of amides is 1. The van der Waals surface area contributed by atoms with Gasteiger partial charge in [0.15, 0.2) is 0 Å². The van der Waals surface area contributed by atoms with Gasteiger partial charge in [-0.3, -0.25) is 4.79 Å². The van der Waals surface area contributed by atoms with Crippen molar-refractivity contribution in [2.45, 2.75) is 84.0 Å². The van der Waals surface area contributed by atoms with Crippen LogP contribution >= 0.6 is 0 Å². The maximum Gasteiger partial charge on any atom is 0.410 e. The number of nitrogens with one attached hydrogen (secondary N) is 1. The van der Waals surface area contributed by atoms with Crippen LogP contribution in [0.1, 0.15) is 60.3 Å². The van der Waals surface area contributed by atoms with Gasteiger partial charge in [-0.05, 0) is 53.9 Å². The van der Waals surface area contributed by atoms with Crippen LogP contribution in [0, 0.1) is 0 Å². The Bertz CT molecular complexity index is 392. The van der Waals surface area contributed by atoms with Crippen LogP contribution in [0.3, 0.4) is 0 Å². The van der Waals surface area contributed by atoms with E-state index in [1.165, 1.54) is 0 Å². The second-order valence-electron chi connectivity index (χ2n) is 7.24. The molecule has 0 bridgehead atoms. The third-order valence-electron chi connectivity index (χ3n) is 3.82. The van der Waals surface area contributed by atoms with Crippen molar-refractivity contribution in [3.63, 3.8) is 0 Å². The lowest BCUT2D eigenvalue weighted by atomic mass is 9.97. The summed E-state index contributed by atoms with van der Waals surface area (Å²) >= 11 is 0. The number of aliphatic carboxylic acids is 1.